The van der Waals surface area contributed by atoms with Crippen molar-refractivity contribution in [3.05, 3.63) is 54.6 Å². The van der Waals surface area contributed by atoms with Gasteiger partial charge in [-0.05, 0) is 42.8 Å². The Bertz CT molecular complexity index is 454. The van der Waals surface area contributed by atoms with Crippen LogP contribution in [-0.2, 0) is 0 Å². The van der Waals surface area contributed by atoms with E-state index in [-0.39, 0.29) is 0 Å². The van der Waals surface area contributed by atoms with Crippen molar-refractivity contribution in [2.75, 3.05) is 11.9 Å². The van der Waals surface area contributed by atoms with Gasteiger partial charge in [0.1, 0.15) is 17.2 Å². The molecule has 2 nitrogen and oxygen atoms in total. The van der Waals surface area contributed by atoms with Crippen LogP contribution in [0.5, 0.6) is 17.2 Å². The molecule has 0 bridgehead atoms. The highest BCUT2D eigenvalue weighted by Crippen LogP contribution is 2.23. The zero-order chi connectivity index (χ0) is 12.6. The fraction of sp³-hybridized carbons (Fsp3) is 0.200. The first-order chi connectivity index (χ1) is 8.88. The molecule has 2 aromatic rings. The van der Waals surface area contributed by atoms with Gasteiger partial charge < -0.3 is 9.47 Å². The Morgan fingerprint density at radius 3 is 2.06 bits per heavy atom. The molecule has 0 aromatic heterocycles. The highest BCUT2D eigenvalue weighted by atomic mass is 79.9. The number of para-hydroxylation sites is 1. The van der Waals surface area contributed by atoms with Gasteiger partial charge in [-0.3, -0.25) is 0 Å². The number of alkyl halides is 1. The molecule has 0 amide bonds. The monoisotopic (exact) mass is 306 g/mol. The maximum absolute atomic E-state index is 5.70. The summed E-state index contributed by atoms with van der Waals surface area (Å²) in [5.74, 6) is 2.52. The van der Waals surface area contributed by atoms with Crippen LogP contribution in [0.1, 0.15) is 6.42 Å². The second-order valence-electron chi connectivity index (χ2n) is 3.78. The van der Waals surface area contributed by atoms with E-state index in [4.69, 9.17) is 9.47 Å². The molecule has 94 valence electrons. The maximum Gasteiger partial charge on any atom is 0.127 e. The largest absolute Gasteiger partial charge is 0.494 e. The van der Waals surface area contributed by atoms with Crippen molar-refractivity contribution in [1.29, 1.82) is 0 Å². The topological polar surface area (TPSA) is 18.5 Å². The van der Waals surface area contributed by atoms with Gasteiger partial charge in [-0.1, -0.05) is 34.1 Å². The van der Waals surface area contributed by atoms with Crippen LogP contribution in [0.3, 0.4) is 0 Å². The lowest BCUT2D eigenvalue weighted by Gasteiger charge is -2.07. The smallest absolute Gasteiger partial charge is 0.127 e. The van der Waals surface area contributed by atoms with Crippen molar-refractivity contribution in [3.8, 4) is 17.2 Å². The number of ether oxygens (including phenoxy) is 2. The van der Waals surface area contributed by atoms with Crippen LogP contribution in [0.15, 0.2) is 54.6 Å². The Morgan fingerprint density at radius 1 is 0.778 bits per heavy atom. The van der Waals surface area contributed by atoms with E-state index in [1.807, 2.05) is 54.6 Å². The van der Waals surface area contributed by atoms with Crippen molar-refractivity contribution in [1.82, 2.24) is 0 Å². The molecule has 18 heavy (non-hydrogen) atoms. The van der Waals surface area contributed by atoms with Gasteiger partial charge in [0.15, 0.2) is 0 Å². The van der Waals surface area contributed by atoms with Gasteiger partial charge >= 0.3 is 0 Å². The summed E-state index contributed by atoms with van der Waals surface area (Å²) in [6, 6.07) is 17.4. The molecule has 0 aliphatic carbocycles. The normalized spacial score (nSPS) is 10.1. The van der Waals surface area contributed by atoms with Crippen molar-refractivity contribution in [3.63, 3.8) is 0 Å². The average Bonchev–Trinajstić information content (AvgIpc) is 2.42. The maximum atomic E-state index is 5.70. The molecule has 0 aliphatic heterocycles. The fourth-order valence-corrected chi connectivity index (χ4v) is 1.70. The molecule has 0 saturated heterocycles. The van der Waals surface area contributed by atoms with E-state index in [0.29, 0.717) is 0 Å². The predicted molar refractivity (Wildman–Crippen MR) is 76.9 cm³/mol. The van der Waals surface area contributed by atoms with Crippen LogP contribution >= 0.6 is 15.9 Å². The third kappa shape index (κ3) is 4.08. The van der Waals surface area contributed by atoms with Gasteiger partial charge in [-0.15, -0.1) is 0 Å². The van der Waals surface area contributed by atoms with Crippen LogP contribution < -0.4 is 9.47 Å². The molecule has 0 saturated carbocycles. The molecule has 0 aliphatic rings. The first kappa shape index (κ1) is 13.0. The molecular weight excluding hydrogens is 292 g/mol. The van der Waals surface area contributed by atoms with Crippen LogP contribution in [0.2, 0.25) is 0 Å². The zero-order valence-electron chi connectivity index (χ0n) is 10.0. The lowest BCUT2D eigenvalue weighted by molar-refractivity contribution is 0.318. The number of hydrogen-bond donors (Lipinski definition) is 0. The van der Waals surface area contributed by atoms with E-state index in [1.54, 1.807) is 0 Å². The first-order valence-corrected chi connectivity index (χ1v) is 7.02. The van der Waals surface area contributed by atoms with Crippen LogP contribution in [0, 0.1) is 0 Å². The molecule has 0 heterocycles. The lowest BCUT2D eigenvalue weighted by atomic mass is 10.3. The summed E-state index contributed by atoms with van der Waals surface area (Å²) < 4.78 is 11.3. The lowest BCUT2D eigenvalue weighted by Crippen LogP contribution is -1.97. The van der Waals surface area contributed by atoms with E-state index in [2.05, 4.69) is 15.9 Å². The van der Waals surface area contributed by atoms with Gasteiger partial charge in [-0.2, -0.15) is 0 Å². The number of benzene rings is 2. The Kier molecular flexibility index (Phi) is 5.09. The molecular formula is C15H15BrO2. The summed E-state index contributed by atoms with van der Waals surface area (Å²) in [5.41, 5.74) is 0. The second-order valence-corrected chi connectivity index (χ2v) is 4.57. The average molecular weight is 307 g/mol. The Labute approximate surface area is 116 Å². The molecule has 0 N–H and O–H groups in total. The molecule has 2 rings (SSSR count). The molecule has 0 unspecified atom stereocenters. The molecule has 0 radical (unpaired) electrons. The number of hydrogen-bond acceptors (Lipinski definition) is 2. The minimum atomic E-state index is 0.726. The van der Waals surface area contributed by atoms with Crippen LogP contribution in [-0.4, -0.2) is 11.9 Å². The summed E-state index contributed by atoms with van der Waals surface area (Å²) in [6.45, 7) is 0.726. The van der Waals surface area contributed by atoms with Crippen molar-refractivity contribution in [2.45, 2.75) is 6.42 Å². The molecule has 3 heteroatoms. The van der Waals surface area contributed by atoms with Gasteiger partial charge in [0.2, 0.25) is 0 Å². The van der Waals surface area contributed by atoms with E-state index < -0.39 is 0 Å². The van der Waals surface area contributed by atoms with Gasteiger partial charge in [0.05, 0.1) is 6.61 Å². The summed E-state index contributed by atoms with van der Waals surface area (Å²) in [7, 11) is 0. The van der Waals surface area contributed by atoms with E-state index in [9.17, 15) is 0 Å². The summed E-state index contributed by atoms with van der Waals surface area (Å²) >= 11 is 3.37. The molecule has 0 fully saturated rings. The van der Waals surface area contributed by atoms with E-state index >= 15 is 0 Å². The summed E-state index contributed by atoms with van der Waals surface area (Å²) in [6.07, 6.45) is 1.00. The highest BCUT2D eigenvalue weighted by Gasteiger charge is 1.98. The number of halogens is 1. The standard InChI is InChI=1S/C15H15BrO2/c16-11-4-12-17-13-7-9-15(10-8-13)18-14-5-2-1-3-6-14/h1-3,5-10H,4,11-12H2. The Balaban J connectivity index is 1.91. The van der Waals surface area contributed by atoms with Crippen LogP contribution in [0.25, 0.3) is 0 Å². The minimum absolute atomic E-state index is 0.726. The van der Waals surface area contributed by atoms with Crippen molar-refractivity contribution < 1.29 is 9.47 Å². The predicted octanol–water partition coefficient (Wildman–Crippen LogP) is 4.64. The second kappa shape index (κ2) is 7.07. The zero-order valence-corrected chi connectivity index (χ0v) is 11.6. The summed E-state index contributed by atoms with van der Waals surface area (Å²) in [4.78, 5) is 0. The first-order valence-electron chi connectivity index (χ1n) is 5.90. The SMILES string of the molecule is BrCCCOc1ccc(Oc2ccccc2)cc1. The minimum Gasteiger partial charge on any atom is -0.494 e. The molecule has 2 aromatic carbocycles. The summed E-state index contributed by atoms with van der Waals surface area (Å²) in [5, 5.41) is 0.961. The van der Waals surface area contributed by atoms with Gasteiger partial charge in [-0.25, -0.2) is 0 Å². The van der Waals surface area contributed by atoms with Crippen LogP contribution in [0.4, 0.5) is 0 Å². The van der Waals surface area contributed by atoms with Crippen molar-refractivity contribution in [2.24, 2.45) is 0 Å². The highest BCUT2D eigenvalue weighted by molar-refractivity contribution is 9.09. The third-order valence-corrected chi connectivity index (χ3v) is 2.91. The number of rotatable bonds is 6. The Hall–Kier alpha value is -1.48. The van der Waals surface area contributed by atoms with E-state index in [1.165, 1.54) is 0 Å². The fourth-order valence-electron chi connectivity index (χ4n) is 1.47. The van der Waals surface area contributed by atoms with E-state index in [0.717, 1.165) is 35.6 Å². The Morgan fingerprint density at radius 2 is 1.39 bits per heavy atom. The molecule has 0 atom stereocenters. The third-order valence-electron chi connectivity index (χ3n) is 2.35. The van der Waals surface area contributed by atoms with Crippen molar-refractivity contribution >= 4 is 15.9 Å². The van der Waals surface area contributed by atoms with Gasteiger partial charge in [0, 0.05) is 5.33 Å². The van der Waals surface area contributed by atoms with Gasteiger partial charge in [0.25, 0.3) is 0 Å². The molecule has 0 spiro atoms. The quantitative estimate of drug-likeness (QED) is 0.571.